The van der Waals surface area contributed by atoms with E-state index < -0.39 is 11.5 Å². The Balaban J connectivity index is 1.71. The quantitative estimate of drug-likeness (QED) is 0.645. The zero-order valence-electron chi connectivity index (χ0n) is 15.8. The van der Waals surface area contributed by atoms with E-state index in [1.54, 1.807) is 42.5 Å². The first-order chi connectivity index (χ1) is 13.5. The maximum absolute atomic E-state index is 12.4. The second-order valence-electron chi connectivity index (χ2n) is 6.65. The average Bonchev–Trinajstić information content (AvgIpc) is 2.71. The Morgan fingerprint density at radius 1 is 1.04 bits per heavy atom. The summed E-state index contributed by atoms with van der Waals surface area (Å²) in [5.41, 5.74) is 0.985. The van der Waals surface area contributed by atoms with Crippen molar-refractivity contribution in [3.05, 3.63) is 81.7 Å². The highest BCUT2D eigenvalue weighted by Gasteiger charge is 2.14. The van der Waals surface area contributed by atoms with Crippen molar-refractivity contribution in [1.29, 1.82) is 0 Å². The van der Waals surface area contributed by atoms with Crippen LogP contribution in [0.4, 0.5) is 0 Å². The van der Waals surface area contributed by atoms with E-state index in [9.17, 15) is 14.4 Å². The Labute approximate surface area is 162 Å². The van der Waals surface area contributed by atoms with Gasteiger partial charge in [0.1, 0.15) is 11.1 Å². The third kappa shape index (κ3) is 4.46. The monoisotopic (exact) mass is 378 g/mol. The molecule has 0 fully saturated rings. The zero-order valence-corrected chi connectivity index (χ0v) is 15.8. The highest BCUT2D eigenvalue weighted by atomic mass is 16.4. The van der Waals surface area contributed by atoms with E-state index in [1.807, 2.05) is 19.9 Å². The van der Waals surface area contributed by atoms with Gasteiger partial charge in [-0.1, -0.05) is 37.3 Å². The van der Waals surface area contributed by atoms with Gasteiger partial charge in [-0.3, -0.25) is 9.59 Å². The molecule has 1 heterocycles. The first-order valence-electron chi connectivity index (χ1n) is 9.19. The molecule has 1 aromatic heterocycles. The number of fused-ring (bicyclic) bond motifs is 1. The molecule has 2 aromatic carbocycles. The maximum atomic E-state index is 12.4. The van der Waals surface area contributed by atoms with Crippen LogP contribution in [0.2, 0.25) is 0 Å². The Morgan fingerprint density at radius 2 is 1.82 bits per heavy atom. The fourth-order valence-corrected chi connectivity index (χ4v) is 2.73. The van der Waals surface area contributed by atoms with Gasteiger partial charge in [0.15, 0.2) is 0 Å². The van der Waals surface area contributed by atoms with Gasteiger partial charge in [0.2, 0.25) is 0 Å². The van der Waals surface area contributed by atoms with Crippen molar-refractivity contribution in [1.82, 2.24) is 10.6 Å². The van der Waals surface area contributed by atoms with E-state index in [0.29, 0.717) is 16.5 Å². The van der Waals surface area contributed by atoms with Crippen LogP contribution in [0.5, 0.6) is 0 Å². The average molecular weight is 378 g/mol. The molecule has 2 amide bonds. The fourth-order valence-electron chi connectivity index (χ4n) is 2.73. The molecule has 6 heteroatoms. The van der Waals surface area contributed by atoms with Crippen LogP contribution in [0.25, 0.3) is 11.0 Å². The number of para-hydroxylation sites is 1. The number of hydrogen-bond donors (Lipinski definition) is 2. The smallest absolute Gasteiger partial charge is 0.349 e. The van der Waals surface area contributed by atoms with Gasteiger partial charge in [0.05, 0.1) is 0 Å². The Morgan fingerprint density at radius 3 is 2.61 bits per heavy atom. The molecule has 0 saturated carbocycles. The normalized spacial score (nSPS) is 11.8. The maximum Gasteiger partial charge on any atom is 0.349 e. The van der Waals surface area contributed by atoms with Crippen molar-refractivity contribution in [2.24, 2.45) is 0 Å². The van der Waals surface area contributed by atoms with Crippen molar-refractivity contribution in [3.8, 4) is 0 Å². The molecule has 3 aromatic rings. The number of nitrogens with one attached hydrogen (secondary N) is 2. The largest absolute Gasteiger partial charge is 0.422 e. The van der Waals surface area contributed by atoms with Crippen LogP contribution in [0.1, 0.15) is 46.5 Å². The number of rotatable bonds is 6. The summed E-state index contributed by atoms with van der Waals surface area (Å²) >= 11 is 0. The minimum Gasteiger partial charge on any atom is -0.422 e. The lowest BCUT2D eigenvalue weighted by Crippen LogP contribution is -2.32. The molecule has 144 valence electrons. The summed E-state index contributed by atoms with van der Waals surface area (Å²) in [6.45, 7) is 4.13. The summed E-state index contributed by atoms with van der Waals surface area (Å²) in [4.78, 5) is 36.8. The molecular formula is C22H22N2O4. The van der Waals surface area contributed by atoms with Gasteiger partial charge in [0.25, 0.3) is 11.8 Å². The third-order valence-corrected chi connectivity index (χ3v) is 4.52. The second kappa shape index (κ2) is 8.52. The van der Waals surface area contributed by atoms with Gasteiger partial charge in [-0.2, -0.15) is 0 Å². The SMILES string of the molecule is CC[C@@H](C)NC(=O)c1cccc(CNC(=O)c2cc3ccccc3oc2=O)c1. The van der Waals surface area contributed by atoms with Gasteiger partial charge in [-0.05, 0) is 43.2 Å². The Kier molecular flexibility index (Phi) is 5.89. The number of amides is 2. The van der Waals surface area contributed by atoms with Crippen LogP contribution in [-0.2, 0) is 6.54 Å². The van der Waals surface area contributed by atoms with Gasteiger partial charge in [0, 0.05) is 23.5 Å². The van der Waals surface area contributed by atoms with Crippen LogP contribution in [0.15, 0.2) is 63.8 Å². The summed E-state index contributed by atoms with van der Waals surface area (Å²) in [7, 11) is 0. The standard InChI is InChI=1S/C22H22N2O4/c1-3-14(2)24-20(25)17-9-6-7-15(11-17)13-23-21(26)18-12-16-8-4-5-10-19(16)28-22(18)27/h4-12,14H,3,13H2,1-2H3,(H,23,26)(H,24,25)/t14-/m1/s1. The number of benzene rings is 2. The van der Waals surface area contributed by atoms with Crippen molar-refractivity contribution < 1.29 is 14.0 Å². The van der Waals surface area contributed by atoms with Crippen LogP contribution in [0, 0.1) is 0 Å². The highest BCUT2D eigenvalue weighted by Crippen LogP contribution is 2.13. The second-order valence-corrected chi connectivity index (χ2v) is 6.65. The molecule has 0 aliphatic heterocycles. The highest BCUT2D eigenvalue weighted by molar-refractivity contribution is 5.97. The van der Waals surface area contributed by atoms with E-state index in [1.165, 1.54) is 6.07 Å². The first kappa shape index (κ1) is 19.4. The molecule has 3 rings (SSSR count). The van der Waals surface area contributed by atoms with Gasteiger partial charge >= 0.3 is 5.63 Å². The van der Waals surface area contributed by atoms with E-state index >= 15 is 0 Å². The molecule has 2 N–H and O–H groups in total. The molecular weight excluding hydrogens is 356 g/mol. The molecule has 0 saturated heterocycles. The van der Waals surface area contributed by atoms with Crippen LogP contribution < -0.4 is 16.3 Å². The fraction of sp³-hybridized carbons (Fsp3) is 0.227. The molecule has 0 spiro atoms. The first-order valence-corrected chi connectivity index (χ1v) is 9.19. The minimum atomic E-state index is -0.683. The lowest BCUT2D eigenvalue weighted by atomic mass is 10.1. The summed E-state index contributed by atoms with van der Waals surface area (Å²) in [6.07, 6.45) is 0.843. The minimum absolute atomic E-state index is 0.0515. The molecule has 0 aliphatic rings. The molecule has 0 bridgehead atoms. The topological polar surface area (TPSA) is 88.4 Å². The van der Waals surface area contributed by atoms with Gasteiger partial charge in [-0.25, -0.2) is 4.79 Å². The van der Waals surface area contributed by atoms with Gasteiger partial charge in [-0.15, -0.1) is 0 Å². The van der Waals surface area contributed by atoms with Crippen LogP contribution in [0.3, 0.4) is 0 Å². The van der Waals surface area contributed by atoms with E-state index in [4.69, 9.17) is 4.42 Å². The molecule has 0 radical (unpaired) electrons. The Bertz CT molecular complexity index is 1070. The predicted molar refractivity (Wildman–Crippen MR) is 107 cm³/mol. The zero-order chi connectivity index (χ0) is 20.1. The summed E-state index contributed by atoms with van der Waals surface area (Å²) in [6, 6.07) is 15.6. The van der Waals surface area contributed by atoms with Crippen molar-refractivity contribution in [3.63, 3.8) is 0 Å². The molecule has 0 unspecified atom stereocenters. The predicted octanol–water partition coefficient (Wildman–Crippen LogP) is 3.25. The lowest BCUT2D eigenvalue weighted by molar-refractivity contribution is 0.0936. The summed E-state index contributed by atoms with van der Waals surface area (Å²) < 4.78 is 5.19. The number of carbonyl (C=O) groups is 2. The van der Waals surface area contributed by atoms with Crippen LogP contribution in [-0.4, -0.2) is 17.9 Å². The van der Waals surface area contributed by atoms with E-state index in [2.05, 4.69) is 10.6 Å². The van der Waals surface area contributed by atoms with Crippen molar-refractivity contribution >= 4 is 22.8 Å². The number of hydrogen-bond acceptors (Lipinski definition) is 4. The molecule has 0 aliphatic carbocycles. The summed E-state index contributed by atoms with van der Waals surface area (Å²) in [5.74, 6) is -0.674. The number of carbonyl (C=O) groups excluding carboxylic acids is 2. The van der Waals surface area contributed by atoms with Gasteiger partial charge < -0.3 is 15.1 Å². The summed E-state index contributed by atoms with van der Waals surface area (Å²) in [5, 5.41) is 6.29. The third-order valence-electron chi connectivity index (χ3n) is 4.52. The van der Waals surface area contributed by atoms with Crippen molar-refractivity contribution in [2.75, 3.05) is 0 Å². The molecule has 28 heavy (non-hydrogen) atoms. The Hall–Kier alpha value is -3.41. The van der Waals surface area contributed by atoms with E-state index in [0.717, 1.165) is 12.0 Å². The van der Waals surface area contributed by atoms with Crippen LogP contribution >= 0.6 is 0 Å². The molecule has 1 atom stereocenters. The lowest BCUT2D eigenvalue weighted by Gasteiger charge is -2.12. The van der Waals surface area contributed by atoms with E-state index in [-0.39, 0.29) is 24.1 Å². The molecule has 6 nitrogen and oxygen atoms in total. The van der Waals surface area contributed by atoms with Crippen molar-refractivity contribution in [2.45, 2.75) is 32.9 Å².